The molecule has 0 aliphatic heterocycles. The van der Waals surface area contributed by atoms with Gasteiger partial charge in [-0.2, -0.15) is 0 Å². The third-order valence-electron chi connectivity index (χ3n) is 2.72. The van der Waals surface area contributed by atoms with Crippen molar-refractivity contribution in [2.45, 2.75) is 25.8 Å². The van der Waals surface area contributed by atoms with Crippen molar-refractivity contribution in [1.82, 2.24) is 5.16 Å². The monoisotopic (exact) mass is 284 g/mol. The van der Waals surface area contributed by atoms with Crippen molar-refractivity contribution in [2.75, 3.05) is 0 Å². The van der Waals surface area contributed by atoms with E-state index in [-0.39, 0.29) is 6.04 Å². The predicted octanol–water partition coefficient (Wildman–Crippen LogP) is 4.45. The molecule has 0 aliphatic rings. The topological polar surface area (TPSA) is 52.0 Å². The molecule has 2 N–H and O–H groups in total. The Morgan fingerprint density at radius 3 is 2.89 bits per heavy atom. The van der Waals surface area contributed by atoms with Crippen molar-refractivity contribution in [3.8, 4) is 11.3 Å². The van der Waals surface area contributed by atoms with E-state index in [1.54, 1.807) is 6.07 Å². The van der Waals surface area contributed by atoms with Gasteiger partial charge in [-0.3, -0.25) is 0 Å². The van der Waals surface area contributed by atoms with E-state index in [4.69, 9.17) is 33.5 Å². The number of hydrogen-bond donors (Lipinski definition) is 1. The van der Waals surface area contributed by atoms with Crippen molar-refractivity contribution in [3.63, 3.8) is 0 Å². The number of halogens is 2. The van der Waals surface area contributed by atoms with Gasteiger partial charge in [-0.25, -0.2) is 0 Å². The Bertz CT molecular complexity index is 540. The van der Waals surface area contributed by atoms with E-state index in [1.807, 2.05) is 18.2 Å². The molecule has 0 radical (unpaired) electrons. The van der Waals surface area contributed by atoms with E-state index in [1.165, 1.54) is 0 Å². The third kappa shape index (κ3) is 2.69. The molecule has 1 unspecified atom stereocenters. The first-order valence-electron chi connectivity index (χ1n) is 5.80. The van der Waals surface area contributed by atoms with Gasteiger partial charge in [-0.05, 0) is 12.5 Å². The Morgan fingerprint density at radius 2 is 2.17 bits per heavy atom. The highest BCUT2D eigenvalue weighted by Gasteiger charge is 2.15. The Morgan fingerprint density at radius 1 is 1.39 bits per heavy atom. The van der Waals surface area contributed by atoms with Gasteiger partial charge in [0, 0.05) is 11.6 Å². The van der Waals surface area contributed by atoms with Crippen molar-refractivity contribution >= 4 is 23.2 Å². The van der Waals surface area contributed by atoms with Gasteiger partial charge in [0.15, 0.2) is 5.76 Å². The predicted molar refractivity (Wildman–Crippen MR) is 73.8 cm³/mol. The van der Waals surface area contributed by atoms with Gasteiger partial charge in [-0.15, -0.1) is 0 Å². The maximum absolute atomic E-state index is 6.13. The average molecular weight is 285 g/mol. The number of hydrogen-bond acceptors (Lipinski definition) is 3. The van der Waals surface area contributed by atoms with Crippen LogP contribution in [0.25, 0.3) is 11.3 Å². The largest absolute Gasteiger partial charge is 0.359 e. The molecule has 3 nitrogen and oxygen atoms in total. The first-order valence-corrected chi connectivity index (χ1v) is 6.55. The van der Waals surface area contributed by atoms with Gasteiger partial charge in [0.2, 0.25) is 0 Å². The number of nitrogens with zero attached hydrogens (tertiary/aromatic N) is 1. The summed E-state index contributed by atoms with van der Waals surface area (Å²) >= 11 is 12.1. The Labute approximate surface area is 116 Å². The normalized spacial score (nSPS) is 12.7. The molecule has 0 saturated carbocycles. The lowest BCUT2D eigenvalue weighted by molar-refractivity contribution is 0.356. The highest BCUT2D eigenvalue weighted by atomic mass is 35.5. The fraction of sp³-hybridized carbons (Fsp3) is 0.308. The summed E-state index contributed by atoms with van der Waals surface area (Å²) in [7, 11) is 0. The fourth-order valence-corrected chi connectivity index (χ4v) is 2.14. The summed E-state index contributed by atoms with van der Waals surface area (Å²) in [5, 5.41) is 4.97. The highest BCUT2D eigenvalue weighted by molar-refractivity contribution is 6.43. The number of benzene rings is 1. The van der Waals surface area contributed by atoms with Gasteiger partial charge < -0.3 is 10.3 Å². The standard InChI is InChI=1S/C13H14Cl2N2O/c1-2-4-10(16)12-7-11(17-18-12)8-5-3-6-9(14)13(8)15/h3,5-7,10H,2,4,16H2,1H3. The molecule has 1 atom stereocenters. The lowest BCUT2D eigenvalue weighted by Gasteiger charge is -2.03. The van der Waals surface area contributed by atoms with Gasteiger partial charge in [-0.1, -0.05) is 53.8 Å². The average Bonchev–Trinajstić information content (AvgIpc) is 2.82. The minimum absolute atomic E-state index is 0.130. The summed E-state index contributed by atoms with van der Waals surface area (Å²) in [5.74, 6) is 0.669. The van der Waals surface area contributed by atoms with Gasteiger partial charge in [0.25, 0.3) is 0 Å². The van der Waals surface area contributed by atoms with Crippen LogP contribution >= 0.6 is 23.2 Å². The fourth-order valence-electron chi connectivity index (χ4n) is 1.75. The highest BCUT2D eigenvalue weighted by Crippen LogP contribution is 2.33. The zero-order valence-corrected chi connectivity index (χ0v) is 11.5. The lowest BCUT2D eigenvalue weighted by Crippen LogP contribution is -2.08. The van der Waals surface area contributed by atoms with Crippen molar-refractivity contribution in [2.24, 2.45) is 5.73 Å². The molecule has 0 bridgehead atoms. The lowest BCUT2D eigenvalue weighted by atomic mass is 10.1. The number of rotatable bonds is 4. The molecule has 0 amide bonds. The van der Waals surface area contributed by atoms with E-state index in [9.17, 15) is 0 Å². The summed E-state index contributed by atoms with van der Waals surface area (Å²) in [6.07, 6.45) is 1.85. The van der Waals surface area contributed by atoms with Crippen molar-refractivity contribution < 1.29 is 4.52 Å². The molecule has 1 aromatic carbocycles. The Kier molecular flexibility index (Phi) is 4.27. The van der Waals surface area contributed by atoms with Crippen LogP contribution in [0.15, 0.2) is 28.8 Å². The van der Waals surface area contributed by atoms with Crippen LogP contribution < -0.4 is 5.73 Å². The van der Waals surface area contributed by atoms with Crippen LogP contribution in [-0.2, 0) is 0 Å². The molecule has 0 fully saturated rings. The van der Waals surface area contributed by atoms with Crippen molar-refractivity contribution in [1.29, 1.82) is 0 Å². The van der Waals surface area contributed by atoms with Gasteiger partial charge in [0.05, 0.1) is 16.1 Å². The summed E-state index contributed by atoms with van der Waals surface area (Å²) < 4.78 is 5.25. The molecule has 2 rings (SSSR count). The molecule has 5 heteroatoms. The van der Waals surface area contributed by atoms with Crippen LogP contribution in [0.2, 0.25) is 10.0 Å². The van der Waals surface area contributed by atoms with E-state index in [2.05, 4.69) is 12.1 Å². The molecule has 0 saturated heterocycles. The van der Waals surface area contributed by atoms with E-state index in [0.29, 0.717) is 21.5 Å². The maximum atomic E-state index is 6.13. The SMILES string of the molecule is CCCC(N)c1cc(-c2cccc(Cl)c2Cl)no1. The Hall–Kier alpha value is -1.03. The zero-order chi connectivity index (χ0) is 13.1. The molecular weight excluding hydrogens is 271 g/mol. The molecule has 1 aromatic heterocycles. The van der Waals surface area contributed by atoms with Crippen LogP contribution in [0.1, 0.15) is 31.6 Å². The van der Waals surface area contributed by atoms with Crippen LogP contribution in [-0.4, -0.2) is 5.16 Å². The van der Waals surface area contributed by atoms with Gasteiger partial charge in [0.1, 0.15) is 5.69 Å². The second-order valence-corrected chi connectivity index (χ2v) is 4.90. The second kappa shape index (κ2) is 5.74. The third-order valence-corrected chi connectivity index (χ3v) is 3.54. The smallest absolute Gasteiger partial charge is 0.154 e. The van der Waals surface area contributed by atoms with Crippen molar-refractivity contribution in [3.05, 3.63) is 40.1 Å². The molecule has 0 spiro atoms. The molecule has 1 heterocycles. The quantitative estimate of drug-likeness (QED) is 0.903. The van der Waals surface area contributed by atoms with Crippen LogP contribution in [0.3, 0.4) is 0 Å². The molecule has 2 aromatic rings. The summed E-state index contributed by atoms with van der Waals surface area (Å²) in [6.45, 7) is 2.07. The summed E-state index contributed by atoms with van der Waals surface area (Å²) in [4.78, 5) is 0. The minimum atomic E-state index is -0.130. The first-order chi connectivity index (χ1) is 8.63. The first kappa shape index (κ1) is 13.4. The Balaban J connectivity index is 2.32. The van der Waals surface area contributed by atoms with E-state index >= 15 is 0 Å². The number of aromatic nitrogens is 1. The van der Waals surface area contributed by atoms with Crippen LogP contribution in [0.5, 0.6) is 0 Å². The molecule has 96 valence electrons. The van der Waals surface area contributed by atoms with E-state index in [0.717, 1.165) is 18.4 Å². The van der Waals surface area contributed by atoms with E-state index < -0.39 is 0 Å². The molecule has 0 aliphatic carbocycles. The summed E-state index contributed by atoms with van der Waals surface area (Å²) in [6, 6.07) is 7.09. The summed E-state index contributed by atoms with van der Waals surface area (Å²) in [5.41, 5.74) is 7.38. The molecular formula is C13H14Cl2N2O. The van der Waals surface area contributed by atoms with Gasteiger partial charge >= 0.3 is 0 Å². The van der Waals surface area contributed by atoms with Crippen LogP contribution in [0, 0.1) is 0 Å². The number of nitrogens with two attached hydrogens (primary N) is 1. The second-order valence-electron chi connectivity index (χ2n) is 4.11. The molecule has 18 heavy (non-hydrogen) atoms. The maximum Gasteiger partial charge on any atom is 0.154 e. The zero-order valence-electron chi connectivity index (χ0n) is 9.99. The minimum Gasteiger partial charge on any atom is -0.359 e. The van der Waals surface area contributed by atoms with Crippen LogP contribution in [0.4, 0.5) is 0 Å².